The molecule has 6 nitrogen and oxygen atoms in total. The highest BCUT2D eigenvalue weighted by Gasteiger charge is 2.24. The molecule has 0 saturated carbocycles. The average molecular weight is 275 g/mol. The lowest BCUT2D eigenvalue weighted by Crippen LogP contribution is -2.42. The second-order valence-corrected chi connectivity index (χ2v) is 5.22. The maximum Gasteiger partial charge on any atom is 0.161 e. The molecule has 6 heteroatoms. The number of rotatable bonds is 3. The first-order chi connectivity index (χ1) is 9.56. The van der Waals surface area contributed by atoms with E-state index >= 15 is 0 Å². The van der Waals surface area contributed by atoms with Gasteiger partial charge in [0.05, 0.1) is 19.2 Å². The Morgan fingerprint density at radius 2 is 2.20 bits per heavy atom. The fraction of sp³-hybridized carbons (Fsp3) is 0.643. The van der Waals surface area contributed by atoms with E-state index in [1.807, 2.05) is 14.0 Å². The third-order valence-corrected chi connectivity index (χ3v) is 3.40. The molecule has 1 fully saturated rings. The van der Waals surface area contributed by atoms with Crippen molar-refractivity contribution < 1.29 is 4.74 Å². The highest BCUT2D eigenvalue weighted by molar-refractivity contribution is 5.59. The maximum atomic E-state index is 9.02. The van der Waals surface area contributed by atoms with E-state index in [0.29, 0.717) is 13.2 Å². The Hall–Kier alpha value is -1.87. The number of nitrogens with one attached hydrogen (secondary N) is 1. The van der Waals surface area contributed by atoms with Crippen molar-refractivity contribution in [1.82, 2.24) is 9.97 Å². The molecule has 108 valence electrons. The van der Waals surface area contributed by atoms with Gasteiger partial charge in [-0.15, -0.1) is 0 Å². The summed E-state index contributed by atoms with van der Waals surface area (Å²) in [4.78, 5) is 11.3. The summed E-state index contributed by atoms with van der Waals surface area (Å²) < 4.78 is 5.39. The molecule has 1 aromatic heterocycles. The van der Waals surface area contributed by atoms with Crippen molar-refractivity contribution >= 4 is 11.6 Å². The molecule has 0 aromatic carbocycles. The summed E-state index contributed by atoms with van der Waals surface area (Å²) in [5, 5.41) is 12.1. The second-order valence-electron chi connectivity index (χ2n) is 5.22. The van der Waals surface area contributed by atoms with Crippen LogP contribution in [0.3, 0.4) is 0 Å². The Bertz CT molecular complexity index is 523. The van der Waals surface area contributed by atoms with E-state index in [2.05, 4.69) is 40.1 Å². The van der Waals surface area contributed by atoms with Gasteiger partial charge in [-0.3, -0.25) is 0 Å². The van der Waals surface area contributed by atoms with Crippen molar-refractivity contribution in [3.8, 4) is 6.07 Å². The third kappa shape index (κ3) is 2.83. The predicted molar refractivity (Wildman–Crippen MR) is 78.0 cm³/mol. The lowest BCUT2D eigenvalue weighted by molar-refractivity contribution is 0.0761. The zero-order chi connectivity index (χ0) is 14.7. The monoisotopic (exact) mass is 275 g/mol. The SMILES string of the molecule is CNc1nc(C(C)C)nc(N2CCOC(C#N)C2)c1C. The molecule has 1 unspecified atom stereocenters. The van der Waals surface area contributed by atoms with Gasteiger partial charge < -0.3 is 15.0 Å². The van der Waals surface area contributed by atoms with E-state index in [9.17, 15) is 0 Å². The number of nitrogens with zero attached hydrogens (tertiary/aromatic N) is 4. The first-order valence-corrected chi connectivity index (χ1v) is 6.89. The molecule has 1 N–H and O–H groups in total. The van der Waals surface area contributed by atoms with Gasteiger partial charge in [0.2, 0.25) is 0 Å². The number of nitriles is 1. The van der Waals surface area contributed by atoms with E-state index in [1.54, 1.807) is 0 Å². The molecule has 1 aromatic rings. The minimum atomic E-state index is -0.390. The van der Waals surface area contributed by atoms with Gasteiger partial charge in [0, 0.05) is 25.1 Å². The Kier molecular flexibility index (Phi) is 4.40. The number of hydrogen-bond donors (Lipinski definition) is 1. The van der Waals surface area contributed by atoms with Crippen molar-refractivity contribution in [3.05, 3.63) is 11.4 Å². The Morgan fingerprint density at radius 3 is 2.80 bits per heavy atom. The van der Waals surface area contributed by atoms with Gasteiger partial charge in [0.15, 0.2) is 6.10 Å². The summed E-state index contributed by atoms with van der Waals surface area (Å²) >= 11 is 0. The summed E-state index contributed by atoms with van der Waals surface area (Å²) in [6.45, 7) is 8.00. The Balaban J connectivity index is 2.39. The third-order valence-electron chi connectivity index (χ3n) is 3.40. The van der Waals surface area contributed by atoms with Crippen LogP contribution >= 0.6 is 0 Å². The minimum absolute atomic E-state index is 0.259. The number of aromatic nitrogens is 2. The van der Waals surface area contributed by atoms with Crippen molar-refractivity contribution in [1.29, 1.82) is 5.26 Å². The van der Waals surface area contributed by atoms with Crippen LogP contribution in [0.4, 0.5) is 11.6 Å². The minimum Gasteiger partial charge on any atom is -0.373 e. The van der Waals surface area contributed by atoms with E-state index in [4.69, 9.17) is 10.00 Å². The van der Waals surface area contributed by atoms with Gasteiger partial charge in [-0.2, -0.15) is 5.26 Å². The van der Waals surface area contributed by atoms with E-state index in [-0.39, 0.29) is 5.92 Å². The normalized spacial score (nSPS) is 19.0. The molecule has 0 bridgehead atoms. The molecular formula is C14H21N5O. The van der Waals surface area contributed by atoms with E-state index in [0.717, 1.165) is 29.6 Å². The van der Waals surface area contributed by atoms with E-state index < -0.39 is 6.10 Å². The molecule has 0 aliphatic carbocycles. The zero-order valence-corrected chi connectivity index (χ0v) is 12.5. The van der Waals surface area contributed by atoms with Crippen LogP contribution in [0.25, 0.3) is 0 Å². The van der Waals surface area contributed by atoms with Crippen molar-refractivity contribution in [2.45, 2.75) is 32.8 Å². The first-order valence-electron chi connectivity index (χ1n) is 6.89. The number of ether oxygens (including phenoxy) is 1. The van der Waals surface area contributed by atoms with Crippen LogP contribution in [0.2, 0.25) is 0 Å². The van der Waals surface area contributed by atoms with Gasteiger partial charge >= 0.3 is 0 Å². The van der Waals surface area contributed by atoms with Crippen LogP contribution < -0.4 is 10.2 Å². The predicted octanol–water partition coefficient (Wildman–Crippen LogP) is 1.68. The molecule has 1 aliphatic heterocycles. The van der Waals surface area contributed by atoms with E-state index in [1.165, 1.54) is 0 Å². The fourth-order valence-corrected chi connectivity index (χ4v) is 2.25. The van der Waals surface area contributed by atoms with Crippen molar-refractivity contribution in [3.63, 3.8) is 0 Å². The molecule has 1 atom stereocenters. The molecule has 2 heterocycles. The van der Waals surface area contributed by atoms with Crippen LogP contribution in [0.15, 0.2) is 0 Å². The van der Waals surface area contributed by atoms with Gasteiger partial charge in [-0.25, -0.2) is 9.97 Å². The van der Waals surface area contributed by atoms with Gasteiger partial charge in [0.25, 0.3) is 0 Å². The van der Waals surface area contributed by atoms with Crippen LogP contribution in [-0.2, 0) is 4.74 Å². The van der Waals surface area contributed by atoms with Crippen molar-refractivity contribution in [2.24, 2.45) is 0 Å². The lowest BCUT2D eigenvalue weighted by atomic mass is 10.2. The van der Waals surface area contributed by atoms with Crippen LogP contribution in [0.1, 0.15) is 31.2 Å². The lowest BCUT2D eigenvalue weighted by Gasteiger charge is -2.32. The van der Waals surface area contributed by atoms with Crippen LogP contribution in [0.5, 0.6) is 0 Å². The first kappa shape index (κ1) is 14.5. The number of morpholine rings is 1. The molecule has 2 rings (SSSR count). The maximum absolute atomic E-state index is 9.02. The standard InChI is InChI=1S/C14H21N5O/c1-9(2)12-17-13(16-4)10(3)14(18-12)19-5-6-20-11(7-15)8-19/h9,11H,5-6,8H2,1-4H3,(H,16,17,18). The summed E-state index contributed by atoms with van der Waals surface area (Å²) in [6.07, 6.45) is -0.390. The fourth-order valence-electron chi connectivity index (χ4n) is 2.25. The molecule has 20 heavy (non-hydrogen) atoms. The van der Waals surface area contributed by atoms with Gasteiger partial charge in [-0.05, 0) is 6.92 Å². The van der Waals surface area contributed by atoms with Crippen LogP contribution in [0, 0.1) is 18.3 Å². The Labute approximate surface area is 119 Å². The number of hydrogen-bond acceptors (Lipinski definition) is 6. The highest BCUT2D eigenvalue weighted by Crippen LogP contribution is 2.27. The molecule has 1 saturated heterocycles. The topological polar surface area (TPSA) is 74.1 Å². The smallest absolute Gasteiger partial charge is 0.161 e. The largest absolute Gasteiger partial charge is 0.373 e. The Morgan fingerprint density at radius 1 is 1.45 bits per heavy atom. The quantitative estimate of drug-likeness (QED) is 0.904. The summed E-state index contributed by atoms with van der Waals surface area (Å²) in [5.41, 5.74) is 1.01. The summed E-state index contributed by atoms with van der Waals surface area (Å²) in [7, 11) is 1.86. The zero-order valence-electron chi connectivity index (χ0n) is 12.5. The molecule has 0 radical (unpaired) electrons. The van der Waals surface area contributed by atoms with Gasteiger partial charge in [0.1, 0.15) is 17.5 Å². The average Bonchev–Trinajstić information content (AvgIpc) is 2.47. The second kappa shape index (κ2) is 6.06. The molecular weight excluding hydrogens is 254 g/mol. The van der Waals surface area contributed by atoms with Crippen molar-refractivity contribution in [2.75, 3.05) is 37.0 Å². The molecule has 0 amide bonds. The summed E-state index contributed by atoms with van der Waals surface area (Å²) in [5.74, 6) is 2.82. The van der Waals surface area contributed by atoms with Crippen LogP contribution in [-0.4, -0.2) is 42.8 Å². The molecule has 1 aliphatic rings. The summed E-state index contributed by atoms with van der Waals surface area (Å²) in [6, 6.07) is 2.17. The molecule has 0 spiro atoms. The van der Waals surface area contributed by atoms with Gasteiger partial charge in [-0.1, -0.05) is 13.8 Å². The highest BCUT2D eigenvalue weighted by atomic mass is 16.5. The number of anilines is 2.